The number of carboxylic acids is 1. The minimum absolute atomic E-state index is 0. The average Bonchev–Trinajstić information content (AvgIpc) is 2.45. The number of nitrogens with zero attached hydrogens (tertiary/aromatic N) is 1. The average molecular weight is 316 g/mol. The van der Waals surface area contributed by atoms with Gasteiger partial charge in [0.15, 0.2) is 0 Å². The Morgan fingerprint density at radius 1 is 1.30 bits per heavy atom. The topological polar surface area (TPSA) is 40.5 Å². The van der Waals surface area contributed by atoms with Crippen LogP contribution in [0.1, 0.15) is 30.9 Å². The van der Waals surface area contributed by atoms with Crippen molar-refractivity contribution in [2.45, 2.75) is 25.3 Å². The number of thioether (sulfide) groups is 1. The lowest BCUT2D eigenvalue weighted by atomic mass is 10.1. The number of carbonyl (C=O) groups is 1. The van der Waals surface area contributed by atoms with Crippen LogP contribution in [0, 0.1) is 0 Å². The lowest BCUT2D eigenvalue weighted by Crippen LogP contribution is -2.36. The summed E-state index contributed by atoms with van der Waals surface area (Å²) < 4.78 is 0. The molecule has 0 bridgehead atoms. The molecule has 3 nitrogen and oxygen atoms in total. The summed E-state index contributed by atoms with van der Waals surface area (Å²) in [5.74, 6) is 1.64. The maximum atomic E-state index is 10.5. The molecule has 5 heteroatoms. The molecule has 2 rings (SSSR count). The van der Waals surface area contributed by atoms with E-state index in [0.717, 1.165) is 31.7 Å². The van der Waals surface area contributed by atoms with Gasteiger partial charge in [-0.2, -0.15) is 11.8 Å². The van der Waals surface area contributed by atoms with Crippen molar-refractivity contribution >= 4 is 30.1 Å². The Morgan fingerprint density at radius 3 is 2.75 bits per heavy atom. The highest BCUT2D eigenvalue weighted by atomic mass is 35.5. The number of unbranched alkanes of at least 4 members (excludes halogenated alkanes) is 1. The second-order valence-electron chi connectivity index (χ2n) is 4.89. The van der Waals surface area contributed by atoms with Crippen LogP contribution in [0.2, 0.25) is 0 Å². The Labute approximate surface area is 131 Å². The largest absolute Gasteiger partial charge is 0.481 e. The molecule has 0 aromatic heterocycles. The van der Waals surface area contributed by atoms with Crippen molar-refractivity contribution < 1.29 is 9.90 Å². The molecule has 1 saturated heterocycles. The van der Waals surface area contributed by atoms with Gasteiger partial charge < -0.3 is 5.11 Å². The monoisotopic (exact) mass is 315 g/mol. The van der Waals surface area contributed by atoms with Gasteiger partial charge >= 0.3 is 5.97 Å². The third-order valence-corrected chi connectivity index (χ3v) is 4.53. The number of benzene rings is 1. The summed E-state index contributed by atoms with van der Waals surface area (Å²) in [4.78, 5) is 13.0. The van der Waals surface area contributed by atoms with Crippen LogP contribution in [0.15, 0.2) is 30.3 Å². The third kappa shape index (κ3) is 5.35. The third-order valence-electron chi connectivity index (χ3n) is 3.51. The van der Waals surface area contributed by atoms with Crippen LogP contribution in [0.25, 0.3) is 0 Å². The van der Waals surface area contributed by atoms with Crippen molar-refractivity contribution in [3.63, 3.8) is 0 Å². The quantitative estimate of drug-likeness (QED) is 0.816. The van der Waals surface area contributed by atoms with Crippen LogP contribution in [0.3, 0.4) is 0 Å². The fourth-order valence-corrected chi connectivity index (χ4v) is 3.64. The van der Waals surface area contributed by atoms with E-state index in [1.165, 1.54) is 11.3 Å². The second kappa shape index (κ2) is 9.27. The SMILES string of the molecule is Cl.O=C(O)CCCCN1CCSCC1c1ccccc1. The summed E-state index contributed by atoms with van der Waals surface area (Å²) in [6.07, 6.45) is 2.04. The Morgan fingerprint density at radius 2 is 2.05 bits per heavy atom. The first-order chi connectivity index (χ1) is 9.27. The van der Waals surface area contributed by atoms with Crippen LogP contribution in [-0.4, -0.2) is 40.6 Å². The molecule has 1 aromatic rings. The maximum Gasteiger partial charge on any atom is 0.303 e. The molecule has 1 atom stereocenters. The van der Waals surface area contributed by atoms with E-state index in [-0.39, 0.29) is 12.4 Å². The standard InChI is InChI=1S/C15H21NO2S.ClH/c17-15(18)8-4-5-9-16-10-11-19-12-14(16)13-6-2-1-3-7-13;/h1-3,6-7,14H,4-5,8-12H2,(H,17,18);1H. The van der Waals surface area contributed by atoms with Gasteiger partial charge in [-0.05, 0) is 24.9 Å². The summed E-state index contributed by atoms with van der Waals surface area (Å²) in [6.45, 7) is 2.12. The molecule has 1 unspecified atom stereocenters. The van der Waals surface area contributed by atoms with Crippen molar-refractivity contribution in [1.29, 1.82) is 0 Å². The molecule has 1 fully saturated rings. The summed E-state index contributed by atoms with van der Waals surface area (Å²) in [5, 5.41) is 8.66. The fourth-order valence-electron chi connectivity index (χ4n) is 2.48. The Hall–Kier alpha value is -0.710. The van der Waals surface area contributed by atoms with Gasteiger partial charge in [-0.15, -0.1) is 12.4 Å². The molecule has 1 N–H and O–H groups in total. The van der Waals surface area contributed by atoms with Gasteiger partial charge in [0.1, 0.15) is 0 Å². The Kier molecular flexibility index (Phi) is 8.04. The molecule has 1 aliphatic heterocycles. The zero-order valence-corrected chi connectivity index (χ0v) is 13.2. The first kappa shape index (κ1) is 17.3. The summed E-state index contributed by atoms with van der Waals surface area (Å²) in [7, 11) is 0. The molecular formula is C15H22ClNO2S. The molecule has 1 aromatic carbocycles. The van der Waals surface area contributed by atoms with Crippen LogP contribution in [0.4, 0.5) is 0 Å². The number of hydrogen-bond donors (Lipinski definition) is 1. The van der Waals surface area contributed by atoms with Gasteiger partial charge in [-0.1, -0.05) is 30.3 Å². The smallest absolute Gasteiger partial charge is 0.303 e. The number of hydrogen-bond acceptors (Lipinski definition) is 3. The molecule has 0 aliphatic carbocycles. The summed E-state index contributed by atoms with van der Waals surface area (Å²) >= 11 is 2.01. The lowest BCUT2D eigenvalue weighted by Gasteiger charge is -2.35. The van der Waals surface area contributed by atoms with E-state index in [1.54, 1.807) is 0 Å². The molecule has 0 radical (unpaired) electrons. The lowest BCUT2D eigenvalue weighted by molar-refractivity contribution is -0.137. The number of rotatable bonds is 6. The zero-order chi connectivity index (χ0) is 13.5. The maximum absolute atomic E-state index is 10.5. The van der Waals surface area contributed by atoms with E-state index in [0.29, 0.717) is 12.5 Å². The van der Waals surface area contributed by atoms with Crippen LogP contribution in [0.5, 0.6) is 0 Å². The van der Waals surface area contributed by atoms with Gasteiger partial charge in [0.2, 0.25) is 0 Å². The number of aliphatic carboxylic acids is 1. The Balaban J connectivity index is 0.00000200. The van der Waals surface area contributed by atoms with Gasteiger partial charge in [0.05, 0.1) is 0 Å². The van der Waals surface area contributed by atoms with Crippen LogP contribution < -0.4 is 0 Å². The van der Waals surface area contributed by atoms with Crippen molar-refractivity contribution in [3.05, 3.63) is 35.9 Å². The van der Waals surface area contributed by atoms with E-state index in [1.807, 2.05) is 11.8 Å². The van der Waals surface area contributed by atoms with Crippen molar-refractivity contribution in [2.75, 3.05) is 24.6 Å². The number of halogens is 1. The van der Waals surface area contributed by atoms with Crippen molar-refractivity contribution in [2.24, 2.45) is 0 Å². The highest BCUT2D eigenvalue weighted by Crippen LogP contribution is 2.29. The van der Waals surface area contributed by atoms with Crippen molar-refractivity contribution in [1.82, 2.24) is 4.90 Å². The van der Waals surface area contributed by atoms with Gasteiger partial charge in [0, 0.05) is 30.5 Å². The minimum atomic E-state index is -0.686. The van der Waals surface area contributed by atoms with E-state index in [2.05, 4.69) is 35.2 Å². The molecule has 20 heavy (non-hydrogen) atoms. The number of carboxylic acid groups (broad SMARTS) is 1. The van der Waals surface area contributed by atoms with Gasteiger partial charge in [0.25, 0.3) is 0 Å². The predicted octanol–water partition coefficient (Wildman–Crippen LogP) is 3.45. The first-order valence-electron chi connectivity index (χ1n) is 6.86. The highest BCUT2D eigenvalue weighted by molar-refractivity contribution is 7.99. The second-order valence-corrected chi connectivity index (χ2v) is 6.04. The molecular weight excluding hydrogens is 294 g/mol. The van der Waals surface area contributed by atoms with E-state index >= 15 is 0 Å². The van der Waals surface area contributed by atoms with Crippen molar-refractivity contribution in [3.8, 4) is 0 Å². The molecule has 0 saturated carbocycles. The molecule has 112 valence electrons. The molecule has 0 spiro atoms. The molecule has 1 heterocycles. The minimum Gasteiger partial charge on any atom is -0.481 e. The van der Waals surface area contributed by atoms with Gasteiger partial charge in [-0.25, -0.2) is 0 Å². The predicted molar refractivity (Wildman–Crippen MR) is 86.8 cm³/mol. The Bertz CT molecular complexity index is 402. The zero-order valence-electron chi connectivity index (χ0n) is 11.5. The molecule has 1 aliphatic rings. The van der Waals surface area contributed by atoms with E-state index in [9.17, 15) is 4.79 Å². The van der Waals surface area contributed by atoms with E-state index < -0.39 is 5.97 Å². The van der Waals surface area contributed by atoms with Crippen LogP contribution >= 0.6 is 24.2 Å². The highest BCUT2D eigenvalue weighted by Gasteiger charge is 2.23. The van der Waals surface area contributed by atoms with E-state index in [4.69, 9.17) is 5.11 Å². The summed E-state index contributed by atoms with van der Waals surface area (Å²) in [6, 6.07) is 11.1. The normalized spacial score (nSPS) is 19.3. The summed E-state index contributed by atoms with van der Waals surface area (Å²) in [5.41, 5.74) is 1.38. The van der Waals surface area contributed by atoms with Gasteiger partial charge in [-0.3, -0.25) is 9.69 Å². The first-order valence-corrected chi connectivity index (χ1v) is 8.01. The van der Waals surface area contributed by atoms with Crippen LogP contribution in [-0.2, 0) is 4.79 Å². The molecule has 0 amide bonds. The fraction of sp³-hybridized carbons (Fsp3) is 0.533.